The Hall–Kier alpha value is -1.56. The normalized spacial score (nSPS) is 17.3. The summed E-state index contributed by atoms with van der Waals surface area (Å²) in [6.45, 7) is 0.628. The van der Waals surface area contributed by atoms with Crippen LogP contribution in [0.3, 0.4) is 0 Å². The van der Waals surface area contributed by atoms with E-state index < -0.39 is 12.1 Å². The van der Waals surface area contributed by atoms with Crippen LogP contribution in [0.5, 0.6) is 0 Å². The summed E-state index contributed by atoms with van der Waals surface area (Å²) in [5, 5.41) is 0. The third-order valence-electron chi connectivity index (χ3n) is 3.65. The van der Waals surface area contributed by atoms with Crippen LogP contribution in [-0.2, 0) is 6.54 Å². The predicted octanol–water partition coefficient (Wildman–Crippen LogP) is 2.56. The average Bonchev–Trinajstić information content (AvgIpc) is 2.46. The number of benzene rings is 1. The smallest absolute Gasteiger partial charge is 0.339 e. The highest BCUT2D eigenvalue weighted by Gasteiger charge is 2.41. The Kier molecular flexibility index (Phi) is 4.32. The SMILES string of the molecule is NCc1cccc(C(=O)N2CCC(C(F)(F)F)CC2)c1. The van der Waals surface area contributed by atoms with Crippen LogP contribution in [-0.4, -0.2) is 30.1 Å². The Morgan fingerprint density at radius 2 is 1.95 bits per heavy atom. The van der Waals surface area contributed by atoms with E-state index in [-0.39, 0.29) is 31.8 Å². The molecule has 1 fully saturated rings. The standard InChI is InChI=1S/C14H17F3N2O/c15-14(16,17)12-4-6-19(7-5-12)13(20)11-3-1-2-10(8-11)9-18/h1-3,8,12H,4-7,9,18H2. The van der Waals surface area contributed by atoms with Crippen LogP contribution in [0.25, 0.3) is 0 Å². The molecule has 3 nitrogen and oxygen atoms in total. The highest BCUT2D eigenvalue weighted by atomic mass is 19.4. The van der Waals surface area contributed by atoms with Crippen LogP contribution >= 0.6 is 0 Å². The van der Waals surface area contributed by atoms with E-state index in [9.17, 15) is 18.0 Å². The van der Waals surface area contributed by atoms with E-state index in [0.717, 1.165) is 5.56 Å². The Morgan fingerprint density at radius 1 is 1.30 bits per heavy atom. The second-order valence-corrected chi connectivity index (χ2v) is 5.01. The van der Waals surface area contributed by atoms with E-state index in [4.69, 9.17) is 5.73 Å². The number of amides is 1. The number of piperidine rings is 1. The Bertz CT molecular complexity index is 480. The molecule has 0 unspecified atom stereocenters. The van der Waals surface area contributed by atoms with Crippen molar-refractivity contribution in [3.63, 3.8) is 0 Å². The van der Waals surface area contributed by atoms with Crippen molar-refractivity contribution in [2.24, 2.45) is 11.7 Å². The van der Waals surface area contributed by atoms with Gasteiger partial charge in [-0.25, -0.2) is 0 Å². The van der Waals surface area contributed by atoms with Gasteiger partial charge >= 0.3 is 6.18 Å². The van der Waals surface area contributed by atoms with E-state index >= 15 is 0 Å². The molecule has 0 bridgehead atoms. The minimum absolute atomic E-state index is 0.0220. The molecular weight excluding hydrogens is 269 g/mol. The van der Waals surface area contributed by atoms with Gasteiger partial charge in [-0.1, -0.05) is 12.1 Å². The monoisotopic (exact) mass is 286 g/mol. The maximum atomic E-state index is 12.6. The summed E-state index contributed by atoms with van der Waals surface area (Å²) in [5.41, 5.74) is 6.83. The molecule has 0 spiro atoms. The number of carbonyl (C=O) groups is 1. The van der Waals surface area contributed by atoms with E-state index in [1.807, 2.05) is 6.07 Å². The zero-order chi connectivity index (χ0) is 14.8. The molecule has 1 heterocycles. The molecule has 1 aliphatic rings. The first kappa shape index (κ1) is 14.8. The predicted molar refractivity (Wildman–Crippen MR) is 69.0 cm³/mol. The molecule has 0 saturated carbocycles. The molecule has 2 rings (SSSR count). The van der Waals surface area contributed by atoms with Gasteiger partial charge in [0.25, 0.3) is 5.91 Å². The highest BCUT2D eigenvalue weighted by Crippen LogP contribution is 2.34. The zero-order valence-corrected chi connectivity index (χ0v) is 11.0. The van der Waals surface area contributed by atoms with Gasteiger partial charge in [0.15, 0.2) is 0 Å². The van der Waals surface area contributed by atoms with Gasteiger partial charge in [-0.05, 0) is 30.5 Å². The van der Waals surface area contributed by atoms with Crippen molar-refractivity contribution < 1.29 is 18.0 Å². The van der Waals surface area contributed by atoms with Crippen molar-refractivity contribution in [2.75, 3.05) is 13.1 Å². The molecule has 1 amide bonds. The highest BCUT2D eigenvalue weighted by molar-refractivity contribution is 5.94. The van der Waals surface area contributed by atoms with Crippen LogP contribution in [0, 0.1) is 5.92 Å². The van der Waals surface area contributed by atoms with Gasteiger partial charge in [-0.3, -0.25) is 4.79 Å². The first-order valence-corrected chi connectivity index (χ1v) is 6.57. The van der Waals surface area contributed by atoms with E-state index in [2.05, 4.69) is 0 Å². The van der Waals surface area contributed by atoms with Gasteiger partial charge in [0, 0.05) is 25.2 Å². The lowest BCUT2D eigenvalue weighted by Crippen LogP contribution is -2.42. The largest absolute Gasteiger partial charge is 0.391 e. The molecule has 110 valence electrons. The Morgan fingerprint density at radius 3 is 2.50 bits per heavy atom. The molecule has 1 aromatic carbocycles. The molecule has 0 atom stereocenters. The summed E-state index contributed by atoms with van der Waals surface area (Å²) in [4.78, 5) is 13.7. The summed E-state index contributed by atoms with van der Waals surface area (Å²) < 4.78 is 37.7. The average molecular weight is 286 g/mol. The molecule has 20 heavy (non-hydrogen) atoms. The Labute approximate surface area is 115 Å². The molecule has 1 aliphatic heterocycles. The molecule has 0 aliphatic carbocycles. The van der Waals surface area contributed by atoms with Gasteiger partial charge in [-0.15, -0.1) is 0 Å². The van der Waals surface area contributed by atoms with Gasteiger partial charge < -0.3 is 10.6 Å². The van der Waals surface area contributed by atoms with Crippen molar-refractivity contribution in [2.45, 2.75) is 25.6 Å². The maximum Gasteiger partial charge on any atom is 0.391 e. The van der Waals surface area contributed by atoms with Crippen molar-refractivity contribution in [1.29, 1.82) is 0 Å². The summed E-state index contributed by atoms with van der Waals surface area (Å²) in [6, 6.07) is 6.90. The number of nitrogens with two attached hydrogens (primary N) is 1. The fourth-order valence-corrected chi connectivity index (χ4v) is 2.42. The molecular formula is C14H17F3N2O. The van der Waals surface area contributed by atoms with Gasteiger partial charge in [0.2, 0.25) is 0 Å². The Balaban J connectivity index is 2.01. The lowest BCUT2D eigenvalue weighted by atomic mass is 9.95. The van der Waals surface area contributed by atoms with Gasteiger partial charge in [0.1, 0.15) is 0 Å². The molecule has 6 heteroatoms. The lowest BCUT2D eigenvalue weighted by Gasteiger charge is -2.33. The zero-order valence-electron chi connectivity index (χ0n) is 11.0. The minimum Gasteiger partial charge on any atom is -0.339 e. The summed E-state index contributed by atoms with van der Waals surface area (Å²) in [5.74, 6) is -1.51. The molecule has 1 saturated heterocycles. The number of likely N-dealkylation sites (tertiary alicyclic amines) is 1. The number of rotatable bonds is 2. The van der Waals surface area contributed by atoms with Crippen LogP contribution in [0.1, 0.15) is 28.8 Å². The summed E-state index contributed by atoms with van der Waals surface area (Å²) in [7, 11) is 0. The first-order valence-electron chi connectivity index (χ1n) is 6.57. The topological polar surface area (TPSA) is 46.3 Å². The third-order valence-corrected chi connectivity index (χ3v) is 3.65. The van der Waals surface area contributed by atoms with E-state index in [1.165, 1.54) is 4.90 Å². The second kappa shape index (κ2) is 5.83. The van der Waals surface area contributed by atoms with E-state index in [0.29, 0.717) is 12.1 Å². The third kappa shape index (κ3) is 3.30. The maximum absolute atomic E-state index is 12.6. The second-order valence-electron chi connectivity index (χ2n) is 5.01. The quantitative estimate of drug-likeness (QED) is 0.908. The molecule has 0 radical (unpaired) electrons. The number of carbonyl (C=O) groups excluding carboxylic acids is 1. The fourth-order valence-electron chi connectivity index (χ4n) is 2.42. The number of hydrogen-bond donors (Lipinski definition) is 1. The number of nitrogens with zero attached hydrogens (tertiary/aromatic N) is 1. The fraction of sp³-hybridized carbons (Fsp3) is 0.500. The minimum atomic E-state index is -4.16. The molecule has 0 aromatic heterocycles. The van der Waals surface area contributed by atoms with Crippen LogP contribution in [0.4, 0.5) is 13.2 Å². The van der Waals surface area contributed by atoms with Crippen molar-refractivity contribution in [3.05, 3.63) is 35.4 Å². The summed E-state index contributed by atoms with van der Waals surface area (Å²) >= 11 is 0. The summed E-state index contributed by atoms with van der Waals surface area (Å²) in [6.07, 6.45) is -4.20. The van der Waals surface area contributed by atoms with Crippen molar-refractivity contribution in [1.82, 2.24) is 4.90 Å². The lowest BCUT2D eigenvalue weighted by molar-refractivity contribution is -0.183. The van der Waals surface area contributed by atoms with Gasteiger partial charge in [-0.2, -0.15) is 13.2 Å². The van der Waals surface area contributed by atoms with Crippen LogP contribution in [0.15, 0.2) is 24.3 Å². The van der Waals surface area contributed by atoms with Crippen LogP contribution < -0.4 is 5.73 Å². The number of alkyl halides is 3. The first-order chi connectivity index (χ1) is 9.41. The molecule has 1 aromatic rings. The number of hydrogen-bond acceptors (Lipinski definition) is 2. The van der Waals surface area contributed by atoms with Crippen molar-refractivity contribution in [3.8, 4) is 0 Å². The number of halogens is 3. The van der Waals surface area contributed by atoms with E-state index in [1.54, 1.807) is 18.2 Å². The van der Waals surface area contributed by atoms with Crippen molar-refractivity contribution >= 4 is 5.91 Å². The molecule has 2 N–H and O–H groups in total. The van der Waals surface area contributed by atoms with Crippen LogP contribution in [0.2, 0.25) is 0 Å². The van der Waals surface area contributed by atoms with Gasteiger partial charge in [0.05, 0.1) is 5.92 Å².